The standard InChI is InChI=1S/C15H17N5O/c1-20(2)12-7-5-11(6-8-12)10-16-15-17-14(18-19-15)13-4-3-9-21-13/h3-9H,10H2,1-2H3,(H2,16,17,18,19). The number of furan rings is 1. The summed E-state index contributed by atoms with van der Waals surface area (Å²) in [7, 11) is 4.05. The van der Waals surface area contributed by atoms with Gasteiger partial charge in [0.2, 0.25) is 5.95 Å². The van der Waals surface area contributed by atoms with Crippen molar-refractivity contribution in [1.29, 1.82) is 0 Å². The summed E-state index contributed by atoms with van der Waals surface area (Å²) in [5.41, 5.74) is 2.35. The fourth-order valence-corrected chi connectivity index (χ4v) is 1.96. The lowest BCUT2D eigenvalue weighted by molar-refractivity contribution is 0.577. The van der Waals surface area contributed by atoms with Gasteiger partial charge in [-0.3, -0.25) is 5.10 Å². The van der Waals surface area contributed by atoms with Crippen molar-refractivity contribution >= 4 is 11.6 Å². The Morgan fingerprint density at radius 1 is 1.19 bits per heavy atom. The lowest BCUT2D eigenvalue weighted by atomic mass is 10.2. The van der Waals surface area contributed by atoms with E-state index in [0.717, 1.165) is 0 Å². The maximum atomic E-state index is 5.27. The zero-order chi connectivity index (χ0) is 14.7. The first-order valence-electron chi connectivity index (χ1n) is 6.69. The summed E-state index contributed by atoms with van der Waals surface area (Å²) in [6, 6.07) is 12.0. The lowest BCUT2D eigenvalue weighted by Crippen LogP contribution is -2.08. The summed E-state index contributed by atoms with van der Waals surface area (Å²) >= 11 is 0. The first-order chi connectivity index (χ1) is 10.2. The first kappa shape index (κ1) is 13.2. The quantitative estimate of drug-likeness (QED) is 0.753. The van der Waals surface area contributed by atoms with Gasteiger partial charge in [-0.2, -0.15) is 4.98 Å². The first-order valence-corrected chi connectivity index (χ1v) is 6.69. The molecule has 6 heteroatoms. The highest BCUT2D eigenvalue weighted by Crippen LogP contribution is 2.17. The Kier molecular flexibility index (Phi) is 3.59. The number of nitrogens with zero attached hydrogens (tertiary/aromatic N) is 3. The summed E-state index contributed by atoms with van der Waals surface area (Å²) in [5, 5.41) is 10.1. The highest BCUT2D eigenvalue weighted by atomic mass is 16.3. The molecule has 2 N–H and O–H groups in total. The van der Waals surface area contributed by atoms with Crippen LogP contribution in [-0.2, 0) is 6.54 Å². The Balaban J connectivity index is 1.62. The number of aromatic amines is 1. The van der Waals surface area contributed by atoms with Crippen molar-refractivity contribution < 1.29 is 4.42 Å². The van der Waals surface area contributed by atoms with Gasteiger partial charge in [0, 0.05) is 26.3 Å². The Hall–Kier alpha value is -2.76. The van der Waals surface area contributed by atoms with E-state index >= 15 is 0 Å². The van der Waals surface area contributed by atoms with E-state index in [1.54, 1.807) is 6.26 Å². The average molecular weight is 283 g/mol. The summed E-state index contributed by atoms with van der Waals surface area (Å²) < 4.78 is 5.27. The summed E-state index contributed by atoms with van der Waals surface area (Å²) in [5.74, 6) is 1.84. The van der Waals surface area contributed by atoms with Gasteiger partial charge in [0.1, 0.15) is 0 Å². The number of hydrogen-bond donors (Lipinski definition) is 2. The van der Waals surface area contributed by atoms with Crippen molar-refractivity contribution in [2.75, 3.05) is 24.3 Å². The van der Waals surface area contributed by atoms with E-state index in [1.165, 1.54) is 11.3 Å². The topological polar surface area (TPSA) is 70.0 Å². The van der Waals surface area contributed by atoms with E-state index in [-0.39, 0.29) is 0 Å². The fourth-order valence-electron chi connectivity index (χ4n) is 1.96. The van der Waals surface area contributed by atoms with Crippen LogP contribution >= 0.6 is 0 Å². The summed E-state index contributed by atoms with van der Waals surface area (Å²) in [6.45, 7) is 0.670. The van der Waals surface area contributed by atoms with Crippen LogP contribution in [0.1, 0.15) is 5.56 Å². The van der Waals surface area contributed by atoms with Crippen molar-refractivity contribution in [3.8, 4) is 11.6 Å². The molecule has 0 radical (unpaired) electrons. The Morgan fingerprint density at radius 3 is 2.67 bits per heavy atom. The van der Waals surface area contributed by atoms with E-state index in [2.05, 4.69) is 49.7 Å². The van der Waals surface area contributed by atoms with E-state index in [1.807, 2.05) is 26.2 Å². The predicted molar refractivity (Wildman–Crippen MR) is 82.2 cm³/mol. The van der Waals surface area contributed by atoms with Crippen molar-refractivity contribution in [3.05, 3.63) is 48.2 Å². The van der Waals surface area contributed by atoms with E-state index in [4.69, 9.17) is 4.42 Å². The molecule has 0 aliphatic rings. The molecule has 0 saturated heterocycles. The lowest BCUT2D eigenvalue weighted by Gasteiger charge is -2.12. The molecular formula is C15H17N5O. The minimum absolute atomic E-state index is 0.554. The molecule has 0 amide bonds. The van der Waals surface area contributed by atoms with Crippen LogP contribution < -0.4 is 10.2 Å². The monoisotopic (exact) mass is 283 g/mol. The molecule has 2 heterocycles. The van der Waals surface area contributed by atoms with Crippen molar-refractivity contribution in [3.63, 3.8) is 0 Å². The number of H-pyrrole nitrogens is 1. The maximum absolute atomic E-state index is 5.27. The highest BCUT2D eigenvalue weighted by molar-refractivity contribution is 5.49. The van der Waals surface area contributed by atoms with E-state index in [9.17, 15) is 0 Å². The number of benzene rings is 1. The molecule has 0 aliphatic heterocycles. The third-order valence-electron chi connectivity index (χ3n) is 3.14. The summed E-state index contributed by atoms with van der Waals surface area (Å²) in [6.07, 6.45) is 1.61. The molecule has 0 saturated carbocycles. The molecule has 0 spiro atoms. The van der Waals surface area contributed by atoms with E-state index in [0.29, 0.717) is 24.1 Å². The van der Waals surface area contributed by atoms with Crippen LogP contribution in [-0.4, -0.2) is 29.3 Å². The van der Waals surface area contributed by atoms with Crippen LogP contribution in [0.15, 0.2) is 47.1 Å². The number of hydrogen-bond acceptors (Lipinski definition) is 5. The zero-order valence-corrected chi connectivity index (χ0v) is 12.0. The van der Waals surface area contributed by atoms with Gasteiger partial charge < -0.3 is 14.6 Å². The Morgan fingerprint density at radius 2 is 2.00 bits per heavy atom. The van der Waals surface area contributed by atoms with Crippen molar-refractivity contribution in [2.45, 2.75) is 6.54 Å². The largest absolute Gasteiger partial charge is 0.461 e. The van der Waals surface area contributed by atoms with Crippen LogP contribution in [0.25, 0.3) is 11.6 Å². The van der Waals surface area contributed by atoms with Crippen LogP contribution in [0.3, 0.4) is 0 Å². The van der Waals surface area contributed by atoms with Crippen LogP contribution in [0.5, 0.6) is 0 Å². The normalized spacial score (nSPS) is 10.6. The smallest absolute Gasteiger partial charge is 0.242 e. The Bertz CT molecular complexity index is 685. The average Bonchev–Trinajstić information content (AvgIpc) is 3.16. The minimum Gasteiger partial charge on any atom is -0.461 e. The molecule has 0 bridgehead atoms. The molecule has 0 fully saturated rings. The van der Waals surface area contributed by atoms with Gasteiger partial charge in [-0.1, -0.05) is 12.1 Å². The number of anilines is 2. The van der Waals surface area contributed by atoms with Gasteiger partial charge in [0.15, 0.2) is 11.6 Å². The molecular weight excluding hydrogens is 266 g/mol. The summed E-state index contributed by atoms with van der Waals surface area (Å²) in [4.78, 5) is 6.41. The SMILES string of the molecule is CN(C)c1ccc(CNc2n[nH]c(-c3ccco3)n2)cc1. The fraction of sp³-hybridized carbons (Fsp3) is 0.200. The molecule has 0 atom stereocenters. The van der Waals surface area contributed by atoms with Gasteiger partial charge in [0.05, 0.1) is 6.26 Å². The molecule has 21 heavy (non-hydrogen) atoms. The molecule has 3 rings (SSSR count). The van der Waals surface area contributed by atoms with Crippen LogP contribution in [0, 0.1) is 0 Å². The molecule has 108 valence electrons. The van der Waals surface area contributed by atoms with Gasteiger partial charge in [-0.15, -0.1) is 5.10 Å². The third kappa shape index (κ3) is 3.05. The molecule has 6 nitrogen and oxygen atoms in total. The molecule has 1 aromatic carbocycles. The van der Waals surface area contributed by atoms with Crippen molar-refractivity contribution in [1.82, 2.24) is 15.2 Å². The zero-order valence-electron chi connectivity index (χ0n) is 12.0. The third-order valence-corrected chi connectivity index (χ3v) is 3.14. The maximum Gasteiger partial charge on any atom is 0.242 e. The number of aromatic nitrogens is 3. The number of nitrogens with one attached hydrogen (secondary N) is 2. The van der Waals surface area contributed by atoms with Crippen molar-refractivity contribution in [2.24, 2.45) is 0 Å². The number of rotatable bonds is 5. The second-order valence-corrected chi connectivity index (χ2v) is 4.90. The van der Waals surface area contributed by atoms with Gasteiger partial charge in [-0.25, -0.2) is 0 Å². The second-order valence-electron chi connectivity index (χ2n) is 4.90. The molecule has 0 unspecified atom stereocenters. The van der Waals surface area contributed by atoms with Crippen LogP contribution in [0.2, 0.25) is 0 Å². The van der Waals surface area contributed by atoms with E-state index < -0.39 is 0 Å². The van der Waals surface area contributed by atoms with Crippen LogP contribution in [0.4, 0.5) is 11.6 Å². The van der Waals surface area contributed by atoms with Gasteiger partial charge in [-0.05, 0) is 29.8 Å². The van der Waals surface area contributed by atoms with Gasteiger partial charge >= 0.3 is 0 Å². The van der Waals surface area contributed by atoms with Gasteiger partial charge in [0.25, 0.3) is 0 Å². The molecule has 0 aliphatic carbocycles. The second kappa shape index (κ2) is 5.70. The molecule has 2 aromatic heterocycles. The Labute approximate surface area is 122 Å². The molecule has 3 aromatic rings. The minimum atomic E-state index is 0.554. The predicted octanol–water partition coefficient (Wildman–Crippen LogP) is 2.74. The highest BCUT2D eigenvalue weighted by Gasteiger charge is 2.07.